The Kier molecular flexibility index (Phi) is 5.47. The van der Waals surface area contributed by atoms with Gasteiger partial charge in [0, 0.05) is 11.6 Å². The zero-order chi connectivity index (χ0) is 18.5. The predicted octanol–water partition coefficient (Wildman–Crippen LogP) is 2.96. The average Bonchev–Trinajstić information content (AvgIpc) is 3.20. The maximum absolute atomic E-state index is 11.7. The Balaban J connectivity index is 1.82. The summed E-state index contributed by atoms with van der Waals surface area (Å²) in [6.07, 6.45) is 0. The number of anilines is 1. The van der Waals surface area contributed by atoms with E-state index < -0.39 is 6.03 Å². The highest BCUT2D eigenvalue weighted by Crippen LogP contribution is 2.26. The summed E-state index contributed by atoms with van der Waals surface area (Å²) in [6, 6.07) is 14.5. The van der Waals surface area contributed by atoms with E-state index in [0.717, 1.165) is 26.7 Å². The van der Waals surface area contributed by atoms with E-state index in [4.69, 9.17) is 16.4 Å². The van der Waals surface area contributed by atoms with E-state index >= 15 is 0 Å². The van der Waals surface area contributed by atoms with Crippen LogP contribution < -0.4 is 26.9 Å². The van der Waals surface area contributed by atoms with Gasteiger partial charge in [-0.25, -0.2) is 26.5 Å². The Morgan fingerprint density at radius 1 is 1.23 bits per heavy atom. The zero-order valence-electron chi connectivity index (χ0n) is 14.2. The molecule has 26 heavy (non-hydrogen) atoms. The van der Waals surface area contributed by atoms with Crippen LogP contribution in [-0.2, 0) is 6.61 Å². The number of urea groups is 1. The first-order chi connectivity index (χ1) is 12.6. The lowest BCUT2D eigenvalue weighted by atomic mass is 10.1. The van der Waals surface area contributed by atoms with E-state index in [2.05, 4.69) is 4.98 Å². The molecule has 0 atom stereocenters. The lowest BCUT2D eigenvalue weighted by molar-refractivity contribution is 0.246. The second kappa shape index (κ2) is 7.96. The topological polar surface area (TPSA) is 106 Å². The summed E-state index contributed by atoms with van der Waals surface area (Å²) in [6.45, 7) is 2.14. The van der Waals surface area contributed by atoms with Gasteiger partial charge < -0.3 is 4.74 Å². The van der Waals surface area contributed by atoms with Crippen LogP contribution in [0.15, 0.2) is 53.9 Å². The molecular formula is C18H19N5O2S. The molecule has 0 aliphatic heterocycles. The fourth-order valence-electron chi connectivity index (χ4n) is 2.48. The second-order valence-corrected chi connectivity index (χ2v) is 6.47. The highest BCUT2D eigenvalue weighted by molar-refractivity contribution is 7.13. The predicted molar refractivity (Wildman–Crippen MR) is 102 cm³/mol. The first kappa shape index (κ1) is 17.9. The van der Waals surface area contributed by atoms with Crippen molar-refractivity contribution in [2.24, 2.45) is 11.7 Å². The first-order valence-corrected chi connectivity index (χ1v) is 8.75. The number of ether oxygens (including phenoxy) is 1. The number of pyridine rings is 1. The summed E-state index contributed by atoms with van der Waals surface area (Å²) in [5.41, 5.74) is 5.11. The summed E-state index contributed by atoms with van der Waals surface area (Å²) in [5, 5.41) is 2.96. The Morgan fingerprint density at radius 2 is 2.04 bits per heavy atom. The molecule has 0 aliphatic carbocycles. The number of carbonyl (C=O) groups is 1. The van der Waals surface area contributed by atoms with Crippen LogP contribution in [0.3, 0.4) is 0 Å². The summed E-state index contributed by atoms with van der Waals surface area (Å²) in [7, 11) is 0. The van der Waals surface area contributed by atoms with Gasteiger partial charge in [-0.1, -0.05) is 24.3 Å². The number of rotatable bonds is 5. The summed E-state index contributed by atoms with van der Waals surface area (Å²) < 4.78 is 5.86. The van der Waals surface area contributed by atoms with Crippen molar-refractivity contribution in [2.75, 3.05) is 5.01 Å². The molecule has 2 heterocycles. The summed E-state index contributed by atoms with van der Waals surface area (Å²) >= 11 is 1.62. The third-order valence-electron chi connectivity index (χ3n) is 3.85. The van der Waals surface area contributed by atoms with Crippen LogP contribution in [0.25, 0.3) is 10.6 Å². The number of benzene rings is 1. The first-order valence-electron chi connectivity index (χ1n) is 7.87. The van der Waals surface area contributed by atoms with Gasteiger partial charge >= 0.3 is 6.03 Å². The number of thiophene rings is 1. The van der Waals surface area contributed by atoms with E-state index in [1.807, 2.05) is 54.1 Å². The Bertz CT molecular complexity index is 898. The molecule has 0 fully saturated rings. The standard InChI is InChI=1S/C18H19N5O2S/c1-12-5-2-7-15(23(20)18(24)22-19)13(12)11-25-17-9-3-6-14(21-17)16-8-4-10-26-16/h2-10H,11,19-20H2,1H3,(H,22,24). The van der Waals surface area contributed by atoms with E-state index in [9.17, 15) is 4.79 Å². The van der Waals surface area contributed by atoms with Crippen LogP contribution in [-0.4, -0.2) is 11.0 Å². The van der Waals surface area contributed by atoms with Crippen molar-refractivity contribution in [2.45, 2.75) is 13.5 Å². The summed E-state index contributed by atoms with van der Waals surface area (Å²) in [5.74, 6) is 11.5. The minimum Gasteiger partial charge on any atom is -0.473 e. The minimum absolute atomic E-state index is 0.217. The molecule has 7 nitrogen and oxygen atoms in total. The van der Waals surface area contributed by atoms with Crippen molar-refractivity contribution in [1.29, 1.82) is 0 Å². The van der Waals surface area contributed by atoms with Gasteiger partial charge in [-0.3, -0.25) is 5.43 Å². The SMILES string of the molecule is Cc1cccc(N(N)C(=O)NN)c1COc1cccc(-c2cccs2)n1. The number of amides is 2. The molecule has 3 aromatic rings. The molecule has 1 aromatic carbocycles. The molecule has 2 amide bonds. The van der Waals surface area contributed by atoms with Gasteiger partial charge in [-0.2, -0.15) is 0 Å². The Morgan fingerprint density at radius 3 is 2.77 bits per heavy atom. The summed E-state index contributed by atoms with van der Waals surface area (Å²) in [4.78, 5) is 17.3. The number of nitrogens with two attached hydrogens (primary N) is 2. The van der Waals surface area contributed by atoms with Crippen LogP contribution in [0.1, 0.15) is 11.1 Å². The minimum atomic E-state index is -0.616. The van der Waals surface area contributed by atoms with E-state index in [0.29, 0.717) is 11.6 Å². The molecule has 8 heteroatoms. The van der Waals surface area contributed by atoms with Crippen molar-refractivity contribution in [3.63, 3.8) is 0 Å². The zero-order valence-corrected chi connectivity index (χ0v) is 15.0. The monoisotopic (exact) mass is 369 g/mol. The lowest BCUT2D eigenvalue weighted by Gasteiger charge is -2.21. The molecule has 0 unspecified atom stereocenters. The fraction of sp³-hybridized carbons (Fsp3) is 0.111. The normalized spacial score (nSPS) is 10.4. The van der Waals surface area contributed by atoms with Gasteiger partial charge in [-0.15, -0.1) is 11.3 Å². The number of hydrogen-bond acceptors (Lipinski definition) is 6. The van der Waals surface area contributed by atoms with Crippen LogP contribution >= 0.6 is 11.3 Å². The molecule has 0 saturated heterocycles. The molecular weight excluding hydrogens is 350 g/mol. The van der Waals surface area contributed by atoms with E-state index in [1.165, 1.54) is 0 Å². The second-order valence-electron chi connectivity index (χ2n) is 5.52. The molecule has 0 bridgehead atoms. The van der Waals surface area contributed by atoms with Gasteiger partial charge in [-0.05, 0) is 36.1 Å². The van der Waals surface area contributed by atoms with Gasteiger partial charge in [0.25, 0.3) is 0 Å². The average molecular weight is 369 g/mol. The molecule has 0 radical (unpaired) electrons. The molecule has 2 aromatic heterocycles. The van der Waals surface area contributed by atoms with Crippen LogP contribution in [0.4, 0.5) is 10.5 Å². The highest BCUT2D eigenvalue weighted by Gasteiger charge is 2.16. The van der Waals surface area contributed by atoms with Crippen LogP contribution in [0, 0.1) is 6.92 Å². The number of nitrogens with zero attached hydrogens (tertiary/aromatic N) is 2. The van der Waals surface area contributed by atoms with E-state index in [-0.39, 0.29) is 6.61 Å². The Labute approximate surface area is 155 Å². The molecule has 3 rings (SSSR count). The molecule has 5 N–H and O–H groups in total. The smallest absolute Gasteiger partial charge is 0.350 e. The van der Waals surface area contributed by atoms with Crippen molar-refractivity contribution < 1.29 is 9.53 Å². The van der Waals surface area contributed by atoms with E-state index in [1.54, 1.807) is 23.5 Å². The lowest BCUT2D eigenvalue weighted by Crippen LogP contribution is -2.48. The molecule has 0 spiro atoms. The van der Waals surface area contributed by atoms with Gasteiger partial charge in [0.05, 0.1) is 16.3 Å². The highest BCUT2D eigenvalue weighted by atomic mass is 32.1. The number of hydrogen-bond donors (Lipinski definition) is 3. The van der Waals surface area contributed by atoms with Gasteiger partial charge in [0.15, 0.2) is 0 Å². The van der Waals surface area contributed by atoms with Crippen molar-refractivity contribution >= 4 is 23.1 Å². The van der Waals surface area contributed by atoms with Crippen molar-refractivity contribution in [3.05, 3.63) is 65.0 Å². The number of nitrogens with one attached hydrogen (secondary N) is 1. The maximum Gasteiger partial charge on any atom is 0.350 e. The van der Waals surface area contributed by atoms with Gasteiger partial charge in [0.1, 0.15) is 6.61 Å². The quantitative estimate of drug-likeness (QED) is 0.364. The third kappa shape index (κ3) is 3.83. The molecule has 0 saturated carbocycles. The number of hydrazine groups is 2. The molecule has 134 valence electrons. The fourth-order valence-corrected chi connectivity index (χ4v) is 3.18. The Hall–Kier alpha value is -2.94. The van der Waals surface area contributed by atoms with Gasteiger partial charge in [0.2, 0.25) is 5.88 Å². The maximum atomic E-state index is 11.7. The number of aromatic nitrogens is 1. The van der Waals surface area contributed by atoms with Crippen molar-refractivity contribution in [1.82, 2.24) is 10.4 Å². The van der Waals surface area contributed by atoms with Crippen molar-refractivity contribution in [3.8, 4) is 16.5 Å². The molecule has 0 aliphatic rings. The van der Waals surface area contributed by atoms with Crippen LogP contribution in [0.5, 0.6) is 5.88 Å². The third-order valence-corrected chi connectivity index (χ3v) is 4.74. The number of carbonyl (C=O) groups excluding carboxylic acids is 1. The number of aryl methyl sites for hydroxylation is 1. The largest absolute Gasteiger partial charge is 0.473 e. The van der Waals surface area contributed by atoms with Crippen LogP contribution in [0.2, 0.25) is 0 Å².